The molecule has 8 heteroatoms. The molecule has 2 aromatic rings. The highest BCUT2D eigenvalue weighted by Crippen LogP contribution is 2.35. The van der Waals surface area contributed by atoms with Gasteiger partial charge in [0.05, 0.1) is 22.4 Å². The monoisotopic (exact) mass is 399 g/mol. The van der Waals surface area contributed by atoms with E-state index in [0.29, 0.717) is 17.9 Å². The maximum Gasteiger partial charge on any atom is 0.269 e. The summed E-state index contributed by atoms with van der Waals surface area (Å²) in [5.74, 6) is 0.235. The van der Waals surface area contributed by atoms with Crippen molar-refractivity contribution in [2.75, 3.05) is 24.2 Å². The molecule has 0 aromatic heterocycles. The maximum atomic E-state index is 12.7. The maximum absolute atomic E-state index is 12.7. The summed E-state index contributed by atoms with van der Waals surface area (Å²) in [4.78, 5) is 39.8. The molecule has 0 unspecified atom stereocenters. The zero-order valence-corrected chi connectivity index (χ0v) is 16.5. The van der Waals surface area contributed by atoms with Gasteiger partial charge in [0.1, 0.15) is 0 Å². The molecule has 7 nitrogen and oxygen atoms in total. The molecule has 0 aliphatic carbocycles. The minimum atomic E-state index is -0.449. The molecule has 1 aliphatic heterocycles. The Balaban J connectivity index is 1.67. The Kier molecular flexibility index (Phi) is 5.99. The standard InChI is InChI=1S/C20H21N3O4S/c1-14(15-6-5-7-16(12-15)23(26)27)21(2)19(24)10-11-22-17-8-3-4-9-18(17)28-13-20(22)25/h3-9,12,14H,10-11,13H2,1-2H3/t14-/m1/s1. The van der Waals surface area contributed by atoms with E-state index in [4.69, 9.17) is 0 Å². The Hall–Kier alpha value is -2.87. The lowest BCUT2D eigenvalue weighted by Gasteiger charge is -2.30. The van der Waals surface area contributed by atoms with Gasteiger partial charge < -0.3 is 9.80 Å². The van der Waals surface area contributed by atoms with Crippen molar-refractivity contribution in [3.05, 3.63) is 64.2 Å². The van der Waals surface area contributed by atoms with E-state index in [-0.39, 0.29) is 30.0 Å². The average Bonchev–Trinajstić information content (AvgIpc) is 2.71. The number of nitrogens with zero attached hydrogens (tertiary/aromatic N) is 3. The molecular weight excluding hydrogens is 378 g/mol. The predicted molar refractivity (Wildman–Crippen MR) is 108 cm³/mol. The summed E-state index contributed by atoms with van der Waals surface area (Å²) in [5, 5.41) is 11.0. The minimum absolute atomic E-state index is 0.00165. The van der Waals surface area contributed by atoms with Crippen molar-refractivity contribution in [1.82, 2.24) is 4.90 Å². The van der Waals surface area contributed by atoms with Gasteiger partial charge in [-0.1, -0.05) is 24.3 Å². The molecule has 0 N–H and O–H groups in total. The summed E-state index contributed by atoms with van der Waals surface area (Å²) in [6, 6.07) is 13.6. The smallest absolute Gasteiger partial charge is 0.269 e. The molecule has 1 atom stereocenters. The van der Waals surface area contributed by atoms with Crippen LogP contribution in [-0.2, 0) is 9.59 Å². The van der Waals surface area contributed by atoms with Crippen LogP contribution in [0, 0.1) is 10.1 Å². The lowest BCUT2D eigenvalue weighted by atomic mass is 10.1. The molecule has 0 spiro atoms. The largest absolute Gasteiger partial charge is 0.339 e. The molecule has 0 radical (unpaired) electrons. The van der Waals surface area contributed by atoms with Gasteiger partial charge in [-0.15, -0.1) is 11.8 Å². The fourth-order valence-electron chi connectivity index (χ4n) is 3.12. The average molecular weight is 399 g/mol. The summed E-state index contributed by atoms with van der Waals surface area (Å²) < 4.78 is 0. The van der Waals surface area contributed by atoms with Crippen molar-refractivity contribution in [3.8, 4) is 0 Å². The van der Waals surface area contributed by atoms with Gasteiger partial charge in [-0.05, 0) is 24.6 Å². The van der Waals surface area contributed by atoms with Crippen LogP contribution in [0.25, 0.3) is 0 Å². The van der Waals surface area contributed by atoms with Crippen LogP contribution >= 0.6 is 11.8 Å². The van der Waals surface area contributed by atoms with E-state index >= 15 is 0 Å². The number of hydrogen-bond donors (Lipinski definition) is 0. The third-order valence-electron chi connectivity index (χ3n) is 4.90. The first-order chi connectivity index (χ1) is 13.4. The molecule has 28 heavy (non-hydrogen) atoms. The van der Waals surface area contributed by atoms with Crippen LogP contribution in [0.4, 0.5) is 11.4 Å². The second kappa shape index (κ2) is 8.43. The Morgan fingerprint density at radius 3 is 2.79 bits per heavy atom. The van der Waals surface area contributed by atoms with Crippen LogP contribution in [0.3, 0.4) is 0 Å². The number of para-hydroxylation sites is 1. The number of carbonyl (C=O) groups excluding carboxylic acids is 2. The molecule has 146 valence electrons. The van der Waals surface area contributed by atoms with E-state index < -0.39 is 4.92 Å². The predicted octanol–water partition coefficient (Wildman–Crippen LogP) is 3.64. The summed E-state index contributed by atoms with van der Waals surface area (Å²) in [6.07, 6.45) is 0.181. The number of nitro benzene ring substituents is 1. The number of thioether (sulfide) groups is 1. The van der Waals surface area contributed by atoms with Crippen LogP contribution in [0.2, 0.25) is 0 Å². The molecule has 2 amide bonds. The van der Waals surface area contributed by atoms with E-state index in [1.807, 2.05) is 31.2 Å². The zero-order valence-electron chi connectivity index (χ0n) is 15.7. The van der Waals surface area contributed by atoms with Gasteiger partial charge >= 0.3 is 0 Å². The number of hydrogen-bond acceptors (Lipinski definition) is 5. The summed E-state index contributed by atoms with van der Waals surface area (Å²) in [7, 11) is 1.67. The van der Waals surface area contributed by atoms with Gasteiger partial charge in [0.25, 0.3) is 5.69 Å². The van der Waals surface area contributed by atoms with Crippen LogP contribution in [0.5, 0.6) is 0 Å². The molecule has 0 fully saturated rings. The Bertz CT molecular complexity index is 918. The first-order valence-electron chi connectivity index (χ1n) is 8.90. The molecule has 0 saturated heterocycles. The first-order valence-corrected chi connectivity index (χ1v) is 9.89. The van der Waals surface area contributed by atoms with Gasteiger partial charge in [-0.3, -0.25) is 19.7 Å². The SMILES string of the molecule is C[C@H](c1cccc([N+](=O)[O-])c1)N(C)C(=O)CCN1C(=O)CSc2ccccc21. The number of non-ortho nitro benzene ring substituents is 1. The number of benzene rings is 2. The summed E-state index contributed by atoms with van der Waals surface area (Å²) >= 11 is 1.51. The van der Waals surface area contributed by atoms with E-state index in [0.717, 1.165) is 10.6 Å². The number of anilines is 1. The van der Waals surface area contributed by atoms with Crippen molar-refractivity contribution in [3.63, 3.8) is 0 Å². The van der Waals surface area contributed by atoms with Crippen LogP contribution < -0.4 is 4.90 Å². The van der Waals surface area contributed by atoms with Crippen LogP contribution in [0.15, 0.2) is 53.4 Å². The normalized spacial score (nSPS) is 14.4. The number of fused-ring (bicyclic) bond motifs is 1. The fourth-order valence-corrected chi connectivity index (χ4v) is 4.06. The Labute approximate surface area is 167 Å². The van der Waals surface area contributed by atoms with E-state index in [1.165, 1.54) is 23.9 Å². The van der Waals surface area contributed by atoms with Gasteiger partial charge in [-0.25, -0.2) is 0 Å². The second-order valence-electron chi connectivity index (χ2n) is 6.58. The summed E-state index contributed by atoms with van der Waals surface area (Å²) in [6.45, 7) is 2.14. The second-order valence-corrected chi connectivity index (χ2v) is 7.60. The van der Waals surface area contributed by atoms with Gasteiger partial charge in [0.2, 0.25) is 11.8 Å². The Morgan fingerprint density at radius 2 is 2.04 bits per heavy atom. The highest BCUT2D eigenvalue weighted by atomic mass is 32.2. The topological polar surface area (TPSA) is 83.8 Å². The number of carbonyl (C=O) groups is 2. The van der Waals surface area contributed by atoms with Crippen molar-refractivity contribution in [2.24, 2.45) is 0 Å². The van der Waals surface area contributed by atoms with Crippen molar-refractivity contribution < 1.29 is 14.5 Å². The third kappa shape index (κ3) is 4.17. The number of rotatable bonds is 6. The number of amides is 2. The molecule has 2 aromatic carbocycles. The van der Waals surface area contributed by atoms with Gasteiger partial charge in [0.15, 0.2) is 0 Å². The lowest BCUT2D eigenvalue weighted by Crippen LogP contribution is -2.39. The first kappa shape index (κ1) is 19.9. The fraction of sp³-hybridized carbons (Fsp3) is 0.300. The van der Waals surface area contributed by atoms with Crippen molar-refractivity contribution in [1.29, 1.82) is 0 Å². The molecule has 3 rings (SSSR count). The van der Waals surface area contributed by atoms with Crippen molar-refractivity contribution >= 4 is 35.0 Å². The highest BCUT2D eigenvalue weighted by Gasteiger charge is 2.26. The number of nitro groups is 1. The zero-order chi connectivity index (χ0) is 20.3. The van der Waals surface area contributed by atoms with Gasteiger partial charge in [-0.2, -0.15) is 0 Å². The molecule has 0 saturated carbocycles. The van der Waals surface area contributed by atoms with E-state index in [2.05, 4.69) is 0 Å². The quantitative estimate of drug-likeness (QED) is 0.547. The molecule has 1 heterocycles. The van der Waals surface area contributed by atoms with E-state index in [1.54, 1.807) is 29.0 Å². The van der Waals surface area contributed by atoms with E-state index in [9.17, 15) is 19.7 Å². The van der Waals surface area contributed by atoms with Gasteiger partial charge in [0, 0.05) is 37.0 Å². The summed E-state index contributed by atoms with van der Waals surface area (Å²) in [5.41, 5.74) is 1.53. The Morgan fingerprint density at radius 1 is 1.29 bits per heavy atom. The third-order valence-corrected chi connectivity index (χ3v) is 5.94. The van der Waals surface area contributed by atoms with Crippen LogP contribution in [0.1, 0.15) is 24.9 Å². The minimum Gasteiger partial charge on any atom is -0.339 e. The van der Waals surface area contributed by atoms with Crippen molar-refractivity contribution in [2.45, 2.75) is 24.3 Å². The molecule has 1 aliphatic rings. The molecular formula is C20H21N3O4S. The molecule has 0 bridgehead atoms. The lowest BCUT2D eigenvalue weighted by molar-refractivity contribution is -0.384. The van der Waals surface area contributed by atoms with Crippen LogP contribution in [-0.4, -0.2) is 41.0 Å². The highest BCUT2D eigenvalue weighted by molar-refractivity contribution is 8.00.